The van der Waals surface area contributed by atoms with Gasteiger partial charge in [0.05, 0.1) is 5.25 Å². The zero-order chi connectivity index (χ0) is 22.1. The molecule has 3 fully saturated rings. The molecule has 1 aromatic heterocycles. The number of hydrogen-bond acceptors (Lipinski definition) is 3. The van der Waals surface area contributed by atoms with Crippen LogP contribution in [0.25, 0.3) is 5.57 Å². The third kappa shape index (κ3) is 3.18. The molecule has 0 amide bonds. The van der Waals surface area contributed by atoms with E-state index in [1.807, 2.05) is 12.4 Å². The van der Waals surface area contributed by atoms with E-state index in [9.17, 15) is 8.42 Å². The molecule has 0 bridgehead atoms. The van der Waals surface area contributed by atoms with Crippen LogP contribution in [0.5, 0.6) is 0 Å². The van der Waals surface area contributed by atoms with Crippen LogP contribution in [-0.2, 0) is 10.0 Å². The van der Waals surface area contributed by atoms with Crippen molar-refractivity contribution in [1.29, 1.82) is 0 Å². The van der Waals surface area contributed by atoms with Gasteiger partial charge in [-0.15, -0.1) is 0 Å². The smallest absolute Gasteiger partial charge is 0.214 e. The van der Waals surface area contributed by atoms with Crippen LogP contribution in [0.4, 0.5) is 0 Å². The Hall–Kier alpha value is -1.46. The SMILES string of the molecule is C[C@]12CC[C@H](NS(=O)(=O)C3CC3)CC1=CCC1C2CC[C@]2(C)C(c3cccnc3)=CCC12. The van der Waals surface area contributed by atoms with E-state index in [1.165, 1.54) is 36.0 Å². The maximum absolute atomic E-state index is 12.5. The summed E-state index contributed by atoms with van der Waals surface area (Å²) in [4.78, 5) is 4.39. The van der Waals surface area contributed by atoms with E-state index in [0.29, 0.717) is 5.92 Å². The Labute approximate surface area is 193 Å². The Morgan fingerprint density at radius 3 is 2.56 bits per heavy atom. The topological polar surface area (TPSA) is 59.1 Å². The van der Waals surface area contributed by atoms with Gasteiger partial charge in [-0.3, -0.25) is 4.98 Å². The summed E-state index contributed by atoms with van der Waals surface area (Å²) in [7, 11) is -3.11. The molecule has 0 aromatic carbocycles. The summed E-state index contributed by atoms with van der Waals surface area (Å²) >= 11 is 0. The molecule has 4 nitrogen and oxygen atoms in total. The third-order valence-electron chi connectivity index (χ3n) is 9.95. The van der Waals surface area contributed by atoms with E-state index < -0.39 is 10.0 Å². The van der Waals surface area contributed by atoms with Gasteiger partial charge >= 0.3 is 0 Å². The highest BCUT2D eigenvalue weighted by atomic mass is 32.2. The van der Waals surface area contributed by atoms with Crippen LogP contribution in [0.15, 0.2) is 42.3 Å². The molecule has 3 unspecified atom stereocenters. The summed E-state index contributed by atoms with van der Waals surface area (Å²) in [5, 5.41) is -0.125. The summed E-state index contributed by atoms with van der Waals surface area (Å²) in [5.74, 6) is 2.16. The lowest BCUT2D eigenvalue weighted by atomic mass is 9.47. The quantitative estimate of drug-likeness (QED) is 0.615. The number of allylic oxidation sites excluding steroid dienone is 3. The fraction of sp³-hybridized carbons (Fsp3) is 0.667. The summed E-state index contributed by atoms with van der Waals surface area (Å²) in [5.41, 5.74) is 4.85. The highest BCUT2D eigenvalue weighted by molar-refractivity contribution is 7.90. The Morgan fingerprint density at radius 1 is 1.00 bits per heavy atom. The van der Waals surface area contributed by atoms with E-state index in [0.717, 1.165) is 50.4 Å². The number of aromatic nitrogens is 1. The van der Waals surface area contributed by atoms with Crippen LogP contribution in [-0.4, -0.2) is 24.7 Å². The molecule has 0 aliphatic heterocycles. The molecule has 5 heteroatoms. The molecule has 1 heterocycles. The summed E-state index contributed by atoms with van der Waals surface area (Å²) in [6, 6.07) is 4.38. The highest BCUT2D eigenvalue weighted by Crippen LogP contribution is 2.66. The molecule has 5 aliphatic carbocycles. The molecule has 0 radical (unpaired) electrons. The molecular formula is C27H36N2O2S. The first kappa shape index (κ1) is 21.1. The first-order valence-electron chi connectivity index (χ1n) is 12.6. The van der Waals surface area contributed by atoms with Crippen molar-refractivity contribution < 1.29 is 8.42 Å². The predicted molar refractivity (Wildman–Crippen MR) is 128 cm³/mol. The number of rotatable bonds is 4. The zero-order valence-electron chi connectivity index (χ0n) is 19.4. The largest absolute Gasteiger partial charge is 0.264 e. The molecule has 1 N–H and O–H groups in total. The van der Waals surface area contributed by atoms with E-state index in [-0.39, 0.29) is 22.1 Å². The van der Waals surface area contributed by atoms with Gasteiger partial charge in [-0.05, 0) is 104 Å². The second-order valence-corrected chi connectivity index (χ2v) is 13.6. The minimum atomic E-state index is -3.11. The first-order chi connectivity index (χ1) is 15.3. The molecule has 6 atom stereocenters. The van der Waals surface area contributed by atoms with E-state index >= 15 is 0 Å². The Bertz CT molecular complexity index is 1070. The van der Waals surface area contributed by atoms with Crippen LogP contribution < -0.4 is 4.72 Å². The van der Waals surface area contributed by atoms with Gasteiger partial charge in [0, 0.05) is 18.4 Å². The van der Waals surface area contributed by atoms with Crippen molar-refractivity contribution in [2.24, 2.45) is 28.6 Å². The van der Waals surface area contributed by atoms with Crippen LogP contribution >= 0.6 is 0 Å². The van der Waals surface area contributed by atoms with Crippen LogP contribution in [0.3, 0.4) is 0 Å². The Balaban J connectivity index is 1.23. The predicted octanol–water partition coefficient (Wildman–Crippen LogP) is 5.49. The van der Waals surface area contributed by atoms with Crippen LogP contribution in [0, 0.1) is 28.6 Å². The molecule has 3 saturated carbocycles. The maximum Gasteiger partial charge on any atom is 0.214 e. The standard InChI is InChI=1S/C27H36N2O2S/c1-26-13-11-20(29-32(30,31)21-6-7-21)16-19(26)5-8-22-24-10-9-23(18-4-3-15-28-17-18)27(24,2)14-12-25(22)26/h3-5,9,15,17,20-22,24-25,29H,6-8,10-14,16H2,1-2H3/t20-,22?,24?,25?,26-,27+/m0/s1. The molecule has 6 rings (SSSR count). The van der Waals surface area contributed by atoms with Crippen LogP contribution in [0.2, 0.25) is 0 Å². The molecule has 5 aliphatic rings. The molecule has 32 heavy (non-hydrogen) atoms. The van der Waals surface area contributed by atoms with Crippen molar-refractivity contribution in [3.8, 4) is 0 Å². The van der Waals surface area contributed by atoms with Crippen molar-refractivity contribution in [2.75, 3.05) is 0 Å². The maximum atomic E-state index is 12.5. The van der Waals surface area contributed by atoms with Gasteiger partial charge in [0.15, 0.2) is 0 Å². The van der Waals surface area contributed by atoms with Crippen molar-refractivity contribution in [2.45, 2.75) is 82.9 Å². The van der Waals surface area contributed by atoms with Gasteiger partial charge in [0.2, 0.25) is 10.0 Å². The summed E-state index contributed by atoms with van der Waals surface area (Å²) in [6.45, 7) is 5.00. The molecule has 172 valence electrons. The van der Waals surface area contributed by atoms with Gasteiger partial charge in [0.1, 0.15) is 0 Å². The lowest BCUT2D eigenvalue weighted by Gasteiger charge is -2.58. The van der Waals surface area contributed by atoms with Gasteiger partial charge in [-0.2, -0.15) is 0 Å². The lowest BCUT2D eigenvalue weighted by molar-refractivity contribution is -0.0117. The number of fused-ring (bicyclic) bond motifs is 5. The van der Waals surface area contributed by atoms with Gasteiger partial charge in [-0.25, -0.2) is 13.1 Å². The van der Waals surface area contributed by atoms with E-state index in [4.69, 9.17) is 0 Å². The molecule has 0 spiro atoms. The van der Waals surface area contributed by atoms with Crippen molar-refractivity contribution in [3.05, 3.63) is 47.8 Å². The third-order valence-corrected chi connectivity index (χ3v) is 12.0. The fourth-order valence-corrected chi connectivity index (χ4v) is 9.62. The van der Waals surface area contributed by atoms with Crippen molar-refractivity contribution >= 4 is 15.6 Å². The normalized spacial score (nSPS) is 41.2. The number of sulfonamides is 1. The number of nitrogens with zero attached hydrogens (tertiary/aromatic N) is 1. The highest BCUT2D eigenvalue weighted by Gasteiger charge is 2.57. The Morgan fingerprint density at radius 2 is 1.81 bits per heavy atom. The zero-order valence-corrected chi connectivity index (χ0v) is 20.2. The van der Waals surface area contributed by atoms with E-state index in [2.05, 4.69) is 47.8 Å². The van der Waals surface area contributed by atoms with Gasteiger partial charge < -0.3 is 0 Å². The number of nitrogens with one attached hydrogen (secondary N) is 1. The van der Waals surface area contributed by atoms with Crippen molar-refractivity contribution in [3.63, 3.8) is 0 Å². The number of pyridine rings is 1. The second kappa shape index (κ2) is 7.27. The average molecular weight is 453 g/mol. The summed E-state index contributed by atoms with van der Waals surface area (Å²) in [6.07, 6.45) is 18.5. The lowest BCUT2D eigenvalue weighted by Crippen LogP contribution is -2.51. The van der Waals surface area contributed by atoms with Crippen LogP contribution in [0.1, 0.15) is 77.2 Å². The minimum absolute atomic E-state index is 0.0932. The monoisotopic (exact) mass is 452 g/mol. The number of hydrogen-bond donors (Lipinski definition) is 1. The first-order valence-corrected chi connectivity index (χ1v) is 14.2. The summed E-state index contributed by atoms with van der Waals surface area (Å²) < 4.78 is 28.1. The minimum Gasteiger partial charge on any atom is -0.264 e. The molecule has 0 saturated heterocycles. The second-order valence-electron chi connectivity index (χ2n) is 11.6. The molecular weight excluding hydrogens is 416 g/mol. The molecule has 1 aromatic rings. The Kier molecular flexibility index (Phi) is 4.79. The fourth-order valence-electron chi connectivity index (χ4n) is 8.01. The van der Waals surface area contributed by atoms with Crippen molar-refractivity contribution in [1.82, 2.24) is 9.71 Å². The average Bonchev–Trinajstić information content (AvgIpc) is 3.57. The van der Waals surface area contributed by atoms with Gasteiger partial charge in [0.25, 0.3) is 0 Å². The van der Waals surface area contributed by atoms with Gasteiger partial charge in [-0.1, -0.05) is 37.6 Å². The van der Waals surface area contributed by atoms with E-state index in [1.54, 1.807) is 0 Å².